The minimum Gasteiger partial charge on any atom is -0.497 e. The van der Waals surface area contributed by atoms with E-state index in [0.717, 1.165) is 37.9 Å². The van der Waals surface area contributed by atoms with E-state index in [1.165, 1.54) is 11.5 Å². The SMILES string of the molecule is COc1ccc2c(cnc3cc(-c4cc(=O)[nH]s4)ccc32)c1.OS. The summed E-state index contributed by atoms with van der Waals surface area (Å²) in [6.45, 7) is 0. The number of thiol groups is 1. The molecule has 7 heteroatoms. The molecule has 2 heterocycles. The lowest BCUT2D eigenvalue weighted by atomic mass is 10.0. The summed E-state index contributed by atoms with van der Waals surface area (Å²) in [5.41, 5.74) is 1.84. The van der Waals surface area contributed by atoms with Crippen LogP contribution in [-0.4, -0.2) is 21.0 Å². The molecule has 4 aromatic rings. The van der Waals surface area contributed by atoms with Crippen LogP contribution >= 0.6 is 24.4 Å². The molecule has 0 unspecified atom stereocenters. The Morgan fingerprint density at radius 1 is 1.12 bits per heavy atom. The number of pyridine rings is 1. The minimum absolute atomic E-state index is 0.0707. The molecule has 2 aromatic heterocycles. The van der Waals surface area contributed by atoms with Crippen molar-refractivity contribution >= 4 is 46.1 Å². The van der Waals surface area contributed by atoms with Crippen molar-refractivity contribution in [2.45, 2.75) is 0 Å². The van der Waals surface area contributed by atoms with Gasteiger partial charge in [0.15, 0.2) is 0 Å². The third-order valence-electron chi connectivity index (χ3n) is 3.70. The lowest BCUT2D eigenvalue weighted by Crippen LogP contribution is -1.92. The molecule has 0 aliphatic carbocycles. The number of aromatic nitrogens is 2. The van der Waals surface area contributed by atoms with E-state index in [1.807, 2.05) is 36.5 Å². The monoisotopic (exact) mass is 358 g/mol. The predicted octanol–water partition coefficient (Wildman–Crippen LogP) is 4.20. The van der Waals surface area contributed by atoms with Gasteiger partial charge in [-0.3, -0.25) is 14.2 Å². The first kappa shape index (κ1) is 16.5. The van der Waals surface area contributed by atoms with Crippen LogP contribution in [0.15, 0.2) is 53.5 Å². The molecule has 4 rings (SSSR count). The van der Waals surface area contributed by atoms with E-state index in [0.29, 0.717) is 0 Å². The molecule has 2 aromatic carbocycles. The van der Waals surface area contributed by atoms with Crippen LogP contribution in [0.1, 0.15) is 0 Å². The van der Waals surface area contributed by atoms with Gasteiger partial charge >= 0.3 is 0 Å². The van der Waals surface area contributed by atoms with Crippen molar-refractivity contribution in [1.82, 2.24) is 9.36 Å². The van der Waals surface area contributed by atoms with Gasteiger partial charge in [-0.1, -0.05) is 23.7 Å². The number of rotatable bonds is 2. The van der Waals surface area contributed by atoms with Gasteiger partial charge in [0.2, 0.25) is 0 Å². The van der Waals surface area contributed by atoms with Crippen molar-refractivity contribution in [2.24, 2.45) is 0 Å². The number of fused-ring (bicyclic) bond motifs is 3. The van der Waals surface area contributed by atoms with Gasteiger partial charge in [-0.2, -0.15) is 0 Å². The highest BCUT2D eigenvalue weighted by atomic mass is 32.1. The highest BCUT2D eigenvalue weighted by Gasteiger charge is 2.07. The van der Waals surface area contributed by atoms with Crippen molar-refractivity contribution in [1.29, 1.82) is 0 Å². The Balaban J connectivity index is 0.000000815. The molecule has 5 nitrogen and oxygen atoms in total. The lowest BCUT2D eigenvalue weighted by Gasteiger charge is -2.06. The number of nitrogens with one attached hydrogen (secondary N) is 1. The number of benzene rings is 2. The zero-order valence-corrected chi connectivity index (χ0v) is 14.4. The van der Waals surface area contributed by atoms with Crippen molar-refractivity contribution in [2.75, 3.05) is 7.11 Å². The van der Waals surface area contributed by atoms with E-state index in [1.54, 1.807) is 13.2 Å². The zero-order chi connectivity index (χ0) is 17.1. The molecule has 0 saturated heterocycles. The van der Waals surface area contributed by atoms with Crippen LogP contribution in [-0.2, 0) is 0 Å². The van der Waals surface area contributed by atoms with Gasteiger partial charge in [0.25, 0.3) is 5.56 Å². The number of methoxy groups -OCH3 is 1. The number of H-pyrrole nitrogens is 1. The van der Waals surface area contributed by atoms with Crippen LogP contribution in [0.25, 0.3) is 32.1 Å². The first-order valence-corrected chi connectivity index (χ1v) is 8.22. The van der Waals surface area contributed by atoms with Gasteiger partial charge < -0.3 is 9.29 Å². The topological polar surface area (TPSA) is 75.2 Å². The van der Waals surface area contributed by atoms with Gasteiger partial charge in [0.05, 0.1) is 17.5 Å². The maximum absolute atomic E-state index is 11.3. The fourth-order valence-corrected chi connectivity index (χ4v) is 3.28. The van der Waals surface area contributed by atoms with Gasteiger partial charge in [-0.15, -0.1) is 0 Å². The second-order valence-corrected chi connectivity index (χ2v) is 5.87. The van der Waals surface area contributed by atoms with Crippen LogP contribution in [0, 0.1) is 0 Å². The lowest BCUT2D eigenvalue weighted by molar-refractivity contribution is 0.415. The largest absolute Gasteiger partial charge is 0.497 e. The van der Waals surface area contributed by atoms with Gasteiger partial charge in [-0.05, 0) is 48.1 Å². The summed E-state index contributed by atoms with van der Waals surface area (Å²) in [4.78, 5) is 16.7. The Bertz CT molecular complexity index is 1060. The first-order valence-electron chi connectivity index (χ1n) is 7.00. The Morgan fingerprint density at radius 2 is 1.92 bits per heavy atom. The highest BCUT2D eigenvalue weighted by Crippen LogP contribution is 2.30. The summed E-state index contributed by atoms with van der Waals surface area (Å²) < 4.78 is 14.7. The first-order chi connectivity index (χ1) is 11.7. The number of ether oxygens (including phenoxy) is 1. The van der Waals surface area contributed by atoms with E-state index in [4.69, 9.17) is 9.29 Å². The predicted molar refractivity (Wildman–Crippen MR) is 101 cm³/mol. The molecule has 0 saturated carbocycles. The maximum atomic E-state index is 11.3. The highest BCUT2D eigenvalue weighted by molar-refractivity contribution is 7.74. The van der Waals surface area contributed by atoms with E-state index in [9.17, 15) is 4.79 Å². The molecule has 0 aliphatic rings. The molecule has 0 bridgehead atoms. The molecule has 0 radical (unpaired) electrons. The fourth-order valence-electron chi connectivity index (χ4n) is 2.60. The molecule has 0 aliphatic heterocycles. The Morgan fingerprint density at radius 3 is 2.62 bits per heavy atom. The van der Waals surface area contributed by atoms with Crippen LogP contribution in [0.2, 0.25) is 0 Å². The summed E-state index contributed by atoms with van der Waals surface area (Å²) in [5, 5.41) is 3.28. The molecule has 0 amide bonds. The van der Waals surface area contributed by atoms with Crippen LogP contribution in [0.3, 0.4) is 0 Å². The summed E-state index contributed by atoms with van der Waals surface area (Å²) in [6.07, 6.45) is 1.85. The third-order valence-corrected chi connectivity index (χ3v) is 4.57. The minimum atomic E-state index is -0.0707. The quantitative estimate of drug-likeness (QED) is 0.285. The second-order valence-electron chi connectivity index (χ2n) is 5.02. The Hall–Kier alpha value is -2.35. The van der Waals surface area contributed by atoms with Crippen molar-refractivity contribution < 1.29 is 9.29 Å². The number of nitrogens with zero attached hydrogens (tertiary/aromatic N) is 1. The molecule has 24 heavy (non-hydrogen) atoms. The second kappa shape index (κ2) is 7.04. The number of hydrogen-bond acceptors (Lipinski definition) is 6. The van der Waals surface area contributed by atoms with Crippen molar-refractivity contribution in [3.63, 3.8) is 0 Å². The Labute approximate surface area is 147 Å². The molecule has 0 fully saturated rings. The van der Waals surface area contributed by atoms with Crippen molar-refractivity contribution in [3.05, 3.63) is 59.0 Å². The summed E-state index contributed by atoms with van der Waals surface area (Å²) in [6, 6.07) is 13.7. The number of aromatic amines is 1. The summed E-state index contributed by atoms with van der Waals surface area (Å²) in [7, 11) is 1.66. The van der Waals surface area contributed by atoms with Gasteiger partial charge in [0, 0.05) is 23.0 Å². The zero-order valence-electron chi connectivity index (χ0n) is 12.7. The average Bonchev–Trinajstić information content (AvgIpc) is 3.08. The molecule has 0 spiro atoms. The smallest absolute Gasteiger partial charge is 0.258 e. The number of hydrogen-bond donors (Lipinski definition) is 3. The van der Waals surface area contributed by atoms with Gasteiger partial charge in [0.1, 0.15) is 5.75 Å². The van der Waals surface area contributed by atoms with Crippen LogP contribution in [0.5, 0.6) is 5.75 Å². The molecule has 2 N–H and O–H groups in total. The summed E-state index contributed by atoms with van der Waals surface area (Å²) >= 11 is 3.87. The van der Waals surface area contributed by atoms with Crippen LogP contribution < -0.4 is 10.3 Å². The Kier molecular flexibility index (Phi) is 4.84. The van der Waals surface area contributed by atoms with Crippen molar-refractivity contribution in [3.8, 4) is 16.2 Å². The molecule has 122 valence electrons. The van der Waals surface area contributed by atoms with Gasteiger partial charge in [-0.25, -0.2) is 0 Å². The summed E-state index contributed by atoms with van der Waals surface area (Å²) in [5.74, 6) is 0.822. The normalized spacial score (nSPS) is 10.5. The fraction of sp³-hybridized carbons (Fsp3) is 0.0588. The molecule has 0 atom stereocenters. The average molecular weight is 358 g/mol. The molecular formula is C17H14N2O3S2. The van der Waals surface area contributed by atoms with E-state index >= 15 is 0 Å². The van der Waals surface area contributed by atoms with E-state index in [2.05, 4.69) is 28.3 Å². The maximum Gasteiger partial charge on any atom is 0.258 e. The van der Waals surface area contributed by atoms with Crippen LogP contribution in [0.4, 0.5) is 0 Å². The van der Waals surface area contributed by atoms with E-state index < -0.39 is 0 Å². The van der Waals surface area contributed by atoms with E-state index in [-0.39, 0.29) is 5.56 Å². The third kappa shape index (κ3) is 3.01. The standard InChI is InChI=1S/C17H12N2O2S.H2OS/c1-21-12-3-5-13-11(6-12)9-18-15-7-10(2-4-14(13)15)16-8-17(20)19-22-16;1-2/h2-9H,1H3,(H,19,20);1-2H. The molecular weight excluding hydrogens is 344 g/mol.